The van der Waals surface area contributed by atoms with Crippen LogP contribution in [0.1, 0.15) is 48.0 Å². The molecule has 2 amide bonds. The maximum atomic E-state index is 13.2. The summed E-state index contributed by atoms with van der Waals surface area (Å²) in [5.41, 5.74) is 1.41. The van der Waals surface area contributed by atoms with E-state index >= 15 is 0 Å². The number of nitrogens with one attached hydrogen (secondary N) is 1. The zero-order valence-corrected chi connectivity index (χ0v) is 14.9. The van der Waals surface area contributed by atoms with Gasteiger partial charge in [-0.3, -0.25) is 9.59 Å². The maximum Gasteiger partial charge on any atom is 0.254 e. The second kappa shape index (κ2) is 6.94. The molecule has 3 unspecified atom stereocenters. The molecule has 4 rings (SSSR count). The van der Waals surface area contributed by atoms with Crippen LogP contribution in [0.5, 0.6) is 0 Å². The van der Waals surface area contributed by atoms with Gasteiger partial charge in [0.2, 0.25) is 5.91 Å². The lowest BCUT2D eigenvalue weighted by molar-refractivity contribution is -0.120. The van der Waals surface area contributed by atoms with Gasteiger partial charge in [0, 0.05) is 17.2 Å². The molecule has 1 N–H and O–H groups in total. The van der Waals surface area contributed by atoms with Crippen LogP contribution in [0.15, 0.2) is 41.1 Å². The van der Waals surface area contributed by atoms with Crippen molar-refractivity contribution in [2.24, 2.45) is 5.92 Å². The molecule has 0 spiro atoms. The second-order valence-corrected chi connectivity index (χ2v) is 7.28. The second-order valence-electron chi connectivity index (χ2n) is 7.28. The molecule has 2 aliphatic rings. The Morgan fingerprint density at radius 1 is 1.19 bits per heavy atom. The van der Waals surface area contributed by atoms with E-state index in [-0.39, 0.29) is 17.9 Å². The summed E-state index contributed by atoms with van der Waals surface area (Å²) >= 11 is 0. The molecular formula is C20H23N3O3. The molecule has 136 valence electrons. The number of hydrogen-bond acceptors (Lipinski definition) is 4. The lowest BCUT2D eigenvalue weighted by Gasteiger charge is -2.33. The Bertz CT molecular complexity index is 802. The first kappa shape index (κ1) is 16.8. The van der Waals surface area contributed by atoms with Crippen molar-refractivity contribution in [3.8, 4) is 0 Å². The van der Waals surface area contributed by atoms with E-state index in [0.717, 1.165) is 24.8 Å². The van der Waals surface area contributed by atoms with E-state index in [4.69, 9.17) is 4.52 Å². The summed E-state index contributed by atoms with van der Waals surface area (Å²) in [6.07, 6.45) is 6.54. The molecule has 1 aliphatic carbocycles. The predicted molar refractivity (Wildman–Crippen MR) is 96.6 cm³/mol. The first-order chi connectivity index (χ1) is 12.6. The van der Waals surface area contributed by atoms with E-state index in [2.05, 4.69) is 10.5 Å². The minimum atomic E-state index is -0.466. The van der Waals surface area contributed by atoms with E-state index in [9.17, 15) is 9.59 Å². The molecule has 1 aromatic heterocycles. The van der Waals surface area contributed by atoms with Crippen LogP contribution in [0.4, 0.5) is 5.82 Å². The molecule has 1 saturated carbocycles. The number of carbonyl (C=O) groups is 2. The fourth-order valence-electron chi connectivity index (χ4n) is 4.32. The number of aryl methyl sites for hydroxylation is 1. The van der Waals surface area contributed by atoms with Gasteiger partial charge in [-0.05, 0) is 44.2 Å². The van der Waals surface area contributed by atoms with Crippen LogP contribution >= 0.6 is 0 Å². The highest BCUT2D eigenvalue weighted by atomic mass is 16.5. The molecule has 1 saturated heterocycles. The molecule has 6 heteroatoms. The summed E-state index contributed by atoms with van der Waals surface area (Å²) in [6, 6.07) is 8.91. The number of rotatable bonds is 3. The van der Waals surface area contributed by atoms with Crippen molar-refractivity contribution >= 4 is 17.6 Å². The smallest absolute Gasteiger partial charge is 0.254 e. The van der Waals surface area contributed by atoms with E-state index in [0.29, 0.717) is 23.7 Å². The lowest BCUT2D eigenvalue weighted by Crippen LogP contribution is -2.47. The Labute approximate surface area is 152 Å². The van der Waals surface area contributed by atoms with Gasteiger partial charge in [0.15, 0.2) is 5.82 Å². The van der Waals surface area contributed by atoms with Gasteiger partial charge in [-0.15, -0.1) is 0 Å². The lowest BCUT2D eigenvalue weighted by atomic mass is 9.84. The van der Waals surface area contributed by atoms with Crippen LogP contribution in [-0.2, 0) is 4.79 Å². The molecule has 2 fully saturated rings. The topological polar surface area (TPSA) is 75.4 Å². The van der Waals surface area contributed by atoms with Gasteiger partial charge in [0.1, 0.15) is 12.3 Å². The monoisotopic (exact) mass is 353 g/mol. The van der Waals surface area contributed by atoms with Gasteiger partial charge < -0.3 is 14.7 Å². The highest BCUT2D eigenvalue weighted by Gasteiger charge is 2.47. The van der Waals surface area contributed by atoms with E-state index in [1.807, 2.05) is 42.2 Å². The molecule has 0 radical (unpaired) electrons. The predicted octanol–water partition coefficient (Wildman–Crippen LogP) is 3.40. The average Bonchev–Trinajstić information content (AvgIpc) is 3.25. The number of likely N-dealkylation sites (tertiary alicyclic amines) is 1. The number of nitrogens with zero attached hydrogens (tertiary/aromatic N) is 2. The van der Waals surface area contributed by atoms with Gasteiger partial charge in [-0.1, -0.05) is 36.2 Å². The van der Waals surface area contributed by atoms with Crippen LogP contribution in [0, 0.1) is 12.8 Å². The van der Waals surface area contributed by atoms with Crippen LogP contribution in [0.3, 0.4) is 0 Å². The number of fused-ring (bicyclic) bond motifs is 1. The van der Waals surface area contributed by atoms with E-state index in [1.165, 1.54) is 12.7 Å². The summed E-state index contributed by atoms with van der Waals surface area (Å²) < 4.78 is 4.90. The highest BCUT2D eigenvalue weighted by molar-refractivity contribution is 6.01. The Balaban J connectivity index is 1.61. The van der Waals surface area contributed by atoms with E-state index in [1.54, 1.807) is 0 Å². The van der Waals surface area contributed by atoms with Gasteiger partial charge in [0.05, 0.1) is 0 Å². The van der Waals surface area contributed by atoms with Gasteiger partial charge in [-0.25, -0.2) is 0 Å². The fourth-order valence-corrected chi connectivity index (χ4v) is 4.32. The zero-order valence-electron chi connectivity index (χ0n) is 14.9. The van der Waals surface area contributed by atoms with Crippen molar-refractivity contribution in [2.45, 2.75) is 51.1 Å². The van der Waals surface area contributed by atoms with Crippen molar-refractivity contribution in [1.29, 1.82) is 0 Å². The van der Waals surface area contributed by atoms with Crippen molar-refractivity contribution in [2.75, 3.05) is 5.32 Å². The maximum absolute atomic E-state index is 13.2. The molecule has 2 heterocycles. The largest absolute Gasteiger partial charge is 0.362 e. The minimum absolute atomic E-state index is 0.0583. The molecular weight excluding hydrogens is 330 g/mol. The molecule has 26 heavy (non-hydrogen) atoms. The third-order valence-corrected chi connectivity index (χ3v) is 5.63. The zero-order chi connectivity index (χ0) is 18.1. The molecule has 3 atom stereocenters. The third-order valence-electron chi connectivity index (χ3n) is 5.63. The van der Waals surface area contributed by atoms with Crippen molar-refractivity contribution in [3.05, 3.63) is 47.7 Å². The van der Waals surface area contributed by atoms with Crippen LogP contribution in [-0.4, -0.2) is 34.0 Å². The minimum Gasteiger partial charge on any atom is -0.362 e. The first-order valence-corrected chi connectivity index (χ1v) is 9.24. The molecule has 0 bridgehead atoms. The quantitative estimate of drug-likeness (QED) is 0.918. The summed E-state index contributed by atoms with van der Waals surface area (Å²) in [7, 11) is 0. The standard InChI is InChI=1S/C20H23N3O3/c1-13-12-26-22-18(13)21-19(24)17-11-15-9-5-6-10-16(15)23(17)20(25)14-7-3-2-4-8-14/h2-4,7-8,12,15-17H,5-6,9-11H2,1H3,(H,21,22,24). The summed E-state index contributed by atoms with van der Waals surface area (Å²) in [4.78, 5) is 28.0. The van der Waals surface area contributed by atoms with Crippen molar-refractivity contribution in [1.82, 2.24) is 10.1 Å². The Kier molecular flexibility index (Phi) is 4.49. The van der Waals surface area contributed by atoms with Gasteiger partial charge in [0.25, 0.3) is 5.91 Å². The summed E-state index contributed by atoms with van der Waals surface area (Å²) in [5, 5.41) is 6.68. The number of aromatic nitrogens is 1. The normalized spacial score (nSPS) is 25.0. The number of hydrogen-bond donors (Lipinski definition) is 1. The Hall–Kier alpha value is -2.63. The SMILES string of the molecule is Cc1conc1NC(=O)C1CC2CCCCC2N1C(=O)c1ccccc1. The van der Waals surface area contributed by atoms with Crippen LogP contribution < -0.4 is 5.32 Å². The number of anilines is 1. The van der Waals surface area contributed by atoms with Crippen LogP contribution in [0.2, 0.25) is 0 Å². The molecule has 1 aromatic carbocycles. The molecule has 2 aromatic rings. The third kappa shape index (κ3) is 3.00. The van der Waals surface area contributed by atoms with Gasteiger partial charge in [-0.2, -0.15) is 0 Å². The number of benzene rings is 1. The average molecular weight is 353 g/mol. The van der Waals surface area contributed by atoms with Crippen molar-refractivity contribution < 1.29 is 14.1 Å². The number of carbonyl (C=O) groups excluding carboxylic acids is 2. The fraction of sp³-hybridized carbons (Fsp3) is 0.450. The van der Waals surface area contributed by atoms with Crippen molar-refractivity contribution in [3.63, 3.8) is 0 Å². The highest BCUT2D eigenvalue weighted by Crippen LogP contribution is 2.40. The molecule has 6 nitrogen and oxygen atoms in total. The summed E-state index contributed by atoms with van der Waals surface area (Å²) in [5.74, 6) is 0.584. The number of amides is 2. The van der Waals surface area contributed by atoms with Crippen LogP contribution in [0.25, 0.3) is 0 Å². The summed E-state index contributed by atoms with van der Waals surface area (Å²) in [6.45, 7) is 1.83. The van der Waals surface area contributed by atoms with Gasteiger partial charge >= 0.3 is 0 Å². The first-order valence-electron chi connectivity index (χ1n) is 9.24. The Morgan fingerprint density at radius 3 is 2.69 bits per heavy atom. The molecule has 1 aliphatic heterocycles. The Morgan fingerprint density at radius 2 is 1.96 bits per heavy atom. The van der Waals surface area contributed by atoms with E-state index < -0.39 is 6.04 Å².